The maximum atomic E-state index is 11.7. The smallest absolute Gasteiger partial charge is 0.306 e. The molecule has 0 spiro atoms. The number of alkyl halides is 1. The topological polar surface area (TPSA) is 38.8 Å². The Kier molecular flexibility index (Phi) is 4.00. The van der Waals surface area contributed by atoms with Crippen molar-refractivity contribution in [1.82, 2.24) is 4.90 Å². The lowest BCUT2D eigenvalue weighted by Crippen LogP contribution is -2.30. The second-order valence-electron chi connectivity index (χ2n) is 2.69. The molecule has 0 radical (unpaired) electrons. The first kappa shape index (κ1) is 10.5. The predicted octanol–water partition coefficient (Wildman–Crippen LogP) is 1.35. The monoisotopic (exact) mass is 213 g/mol. The average molecular weight is 214 g/mol. The molecule has 1 heterocycles. The minimum absolute atomic E-state index is 0.284. The van der Waals surface area contributed by atoms with E-state index < -0.39 is 7.60 Å². The Balaban J connectivity index is 2.41. The van der Waals surface area contributed by atoms with Crippen LogP contribution in [-0.4, -0.2) is 43.9 Å². The Labute approximate surface area is 77.3 Å². The lowest BCUT2D eigenvalue weighted by atomic mass is 10.6. The summed E-state index contributed by atoms with van der Waals surface area (Å²) >= 11 is 5.40. The van der Waals surface area contributed by atoms with Crippen molar-refractivity contribution in [2.45, 2.75) is 0 Å². The van der Waals surface area contributed by atoms with E-state index in [2.05, 4.69) is 0 Å². The van der Waals surface area contributed by atoms with Crippen molar-refractivity contribution in [3.8, 4) is 0 Å². The zero-order chi connectivity index (χ0) is 9.03. The van der Waals surface area contributed by atoms with Crippen LogP contribution in [-0.2, 0) is 13.6 Å². The third-order valence-corrected chi connectivity index (χ3v) is 3.68. The first-order chi connectivity index (χ1) is 5.66. The summed E-state index contributed by atoms with van der Waals surface area (Å²) in [6, 6.07) is 0. The number of halogens is 1. The van der Waals surface area contributed by atoms with E-state index in [1.54, 1.807) is 0 Å². The van der Waals surface area contributed by atoms with Gasteiger partial charge in [-0.05, 0) is 7.05 Å². The molecule has 1 saturated heterocycles. The summed E-state index contributed by atoms with van der Waals surface area (Å²) in [4.78, 5) is 1.93. The van der Waals surface area contributed by atoms with Gasteiger partial charge in [-0.1, -0.05) is 0 Å². The van der Waals surface area contributed by atoms with E-state index in [1.807, 2.05) is 11.9 Å². The third-order valence-electron chi connectivity index (χ3n) is 1.54. The standard InChI is InChI=1S/C6H13ClNO3P/c1-8-3-5-11-12(9,6-8)10-4-2-7/h2-6H2,1H3. The molecular weight excluding hydrogens is 200 g/mol. The molecule has 0 amide bonds. The number of hydrogen-bond donors (Lipinski definition) is 0. The van der Waals surface area contributed by atoms with Crippen molar-refractivity contribution in [3.05, 3.63) is 0 Å². The van der Waals surface area contributed by atoms with Gasteiger partial charge < -0.3 is 9.05 Å². The highest BCUT2D eigenvalue weighted by Crippen LogP contribution is 2.49. The Bertz CT molecular complexity index is 190. The van der Waals surface area contributed by atoms with E-state index in [-0.39, 0.29) is 6.61 Å². The van der Waals surface area contributed by atoms with Crippen molar-refractivity contribution in [2.75, 3.05) is 39.0 Å². The minimum Gasteiger partial charge on any atom is -0.306 e. The highest BCUT2D eigenvalue weighted by atomic mass is 35.5. The second-order valence-corrected chi connectivity index (χ2v) is 5.09. The van der Waals surface area contributed by atoms with Gasteiger partial charge in [0.25, 0.3) is 0 Å². The van der Waals surface area contributed by atoms with Crippen molar-refractivity contribution in [2.24, 2.45) is 0 Å². The van der Waals surface area contributed by atoms with Crippen LogP contribution in [0.4, 0.5) is 0 Å². The molecule has 1 aliphatic heterocycles. The van der Waals surface area contributed by atoms with Crippen LogP contribution in [0.1, 0.15) is 0 Å². The van der Waals surface area contributed by atoms with Crippen LogP contribution < -0.4 is 0 Å². The largest absolute Gasteiger partial charge is 0.344 e. The normalized spacial score (nSPS) is 32.2. The average Bonchev–Trinajstić information content (AvgIpc) is 2.01. The van der Waals surface area contributed by atoms with Gasteiger partial charge in [0.15, 0.2) is 0 Å². The van der Waals surface area contributed by atoms with Gasteiger partial charge in [0, 0.05) is 12.4 Å². The lowest BCUT2D eigenvalue weighted by Gasteiger charge is -2.28. The zero-order valence-electron chi connectivity index (χ0n) is 7.03. The van der Waals surface area contributed by atoms with Crippen molar-refractivity contribution >= 4 is 19.2 Å². The summed E-state index contributed by atoms with van der Waals surface area (Å²) in [6.07, 6.45) is 0.365. The van der Waals surface area contributed by atoms with Gasteiger partial charge in [0.2, 0.25) is 0 Å². The van der Waals surface area contributed by atoms with Crippen LogP contribution in [0.25, 0.3) is 0 Å². The maximum absolute atomic E-state index is 11.7. The molecule has 6 heteroatoms. The van der Waals surface area contributed by atoms with Gasteiger partial charge >= 0.3 is 7.60 Å². The van der Waals surface area contributed by atoms with E-state index in [0.717, 1.165) is 6.54 Å². The first-order valence-electron chi connectivity index (χ1n) is 3.79. The molecule has 12 heavy (non-hydrogen) atoms. The number of rotatable bonds is 3. The summed E-state index contributed by atoms with van der Waals surface area (Å²) in [5, 5.41) is 0. The Morgan fingerprint density at radius 3 is 3.08 bits per heavy atom. The van der Waals surface area contributed by atoms with Gasteiger partial charge in [0.1, 0.15) is 6.29 Å². The fraction of sp³-hybridized carbons (Fsp3) is 1.00. The molecule has 0 aromatic heterocycles. The summed E-state index contributed by atoms with van der Waals surface area (Å²) in [5.74, 6) is 0.344. The van der Waals surface area contributed by atoms with Crippen molar-refractivity contribution < 1.29 is 13.6 Å². The predicted molar refractivity (Wildman–Crippen MR) is 47.7 cm³/mol. The third kappa shape index (κ3) is 3.04. The fourth-order valence-corrected chi connectivity index (χ4v) is 2.88. The first-order valence-corrected chi connectivity index (χ1v) is 6.05. The number of nitrogens with zero attached hydrogens (tertiary/aromatic N) is 1. The van der Waals surface area contributed by atoms with Gasteiger partial charge in [-0.15, -0.1) is 11.6 Å². The SMILES string of the molecule is CN1CCOP(=O)(OCCCl)C1. The van der Waals surface area contributed by atoms with Gasteiger partial charge in [-0.3, -0.25) is 9.46 Å². The Morgan fingerprint density at radius 2 is 2.50 bits per heavy atom. The number of hydrogen-bond acceptors (Lipinski definition) is 4. The zero-order valence-corrected chi connectivity index (χ0v) is 8.68. The highest BCUT2D eigenvalue weighted by Gasteiger charge is 2.30. The van der Waals surface area contributed by atoms with Crippen LogP contribution >= 0.6 is 19.2 Å². The molecular formula is C6H13ClNO3P. The molecule has 4 nitrogen and oxygen atoms in total. The molecule has 1 fully saturated rings. The highest BCUT2D eigenvalue weighted by molar-refractivity contribution is 7.53. The summed E-state index contributed by atoms with van der Waals surface area (Å²) in [7, 11) is -0.956. The van der Waals surface area contributed by atoms with Crippen molar-refractivity contribution in [3.63, 3.8) is 0 Å². The summed E-state index contributed by atoms with van der Waals surface area (Å²) in [6.45, 7) is 1.55. The van der Waals surface area contributed by atoms with E-state index in [0.29, 0.717) is 18.8 Å². The van der Waals surface area contributed by atoms with Crippen LogP contribution in [0.5, 0.6) is 0 Å². The Morgan fingerprint density at radius 1 is 1.75 bits per heavy atom. The maximum Gasteiger partial charge on any atom is 0.344 e. The van der Waals surface area contributed by atoms with E-state index in [9.17, 15) is 4.57 Å². The molecule has 1 atom stereocenters. The van der Waals surface area contributed by atoms with Crippen molar-refractivity contribution in [1.29, 1.82) is 0 Å². The molecule has 0 bridgehead atoms. The van der Waals surface area contributed by atoms with E-state index in [1.165, 1.54) is 0 Å². The van der Waals surface area contributed by atoms with Gasteiger partial charge in [-0.2, -0.15) is 0 Å². The van der Waals surface area contributed by atoms with E-state index >= 15 is 0 Å². The molecule has 72 valence electrons. The summed E-state index contributed by atoms with van der Waals surface area (Å²) < 4.78 is 21.8. The molecule has 1 aliphatic rings. The molecule has 0 aromatic carbocycles. The van der Waals surface area contributed by atoms with Gasteiger partial charge in [-0.25, -0.2) is 0 Å². The van der Waals surface area contributed by atoms with Crippen LogP contribution in [0.15, 0.2) is 0 Å². The van der Waals surface area contributed by atoms with Crippen LogP contribution in [0.2, 0.25) is 0 Å². The molecule has 0 aliphatic carbocycles. The van der Waals surface area contributed by atoms with Crippen LogP contribution in [0.3, 0.4) is 0 Å². The fourth-order valence-electron chi connectivity index (χ4n) is 0.995. The summed E-state index contributed by atoms with van der Waals surface area (Å²) in [5.41, 5.74) is 0. The van der Waals surface area contributed by atoms with Crippen LogP contribution in [0, 0.1) is 0 Å². The second kappa shape index (κ2) is 4.58. The molecule has 0 aromatic rings. The van der Waals surface area contributed by atoms with E-state index in [4.69, 9.17) is 20.6 Å². The van der Waals surface area contributed by atoms with Gasteiger partial charge in [0.05, 0.1) is 13.2 Å². The molecule has 1 unspecified atom stereocenters. The molecule has 0 N–H and O–H groups in total. The minimum atomic E-state index is -2.84. The lowest BCUT2D eigenvalue weighted by molar-refractivity contribution is 0.149. The number of likely N-dealkylation sites (N-methyl/N-ethyl adjacent to an activating group) is 1. The molecule has 1 rings (SSSR count). The Hall–Kier alpha value is 0.400. The molecule has 0 saturated carbocycles. The quantitative estimate of drug-likeness (QED) is 0.524.